The highest BCUT2D eigenvalue weighted by atomic mass is 16.5. The summed E-state index contributed by atoms with van der Waals surface area (Å²) in [5.41, 5.74) is 6.82. The number of piperazine rings is 1. The Labute approximate surface area is 280 Å². The molecule has 0 saturated carbocycles. The Kier molecular flexibility index (Phi) is 12.3. The van der Waals surface area contributed by atoms with E-state index in [0.717, 1.165) is 44.1 Å². The smallest absolute Gasteiger partial charge is 0.278 e. The molecule has 0 radical (unpaired) electrons. The summed E-state index contributed by atoms with van der Waals surface area (Å²) in [5.74, 6) is 0.799. The minimum atomic E-state index is -1.16. The number of aromatic nitrogens is 5. The van der Waals surface area contributed by atoms with Crippen molar-refractivity contribution in [2.24, 2.45) is 5.73 Å². The predicted octanol–water partition coefficient (Wildman–Crippen LogP) is 2.26. The van der Waals surface area contributed by atoms with Crippen LogP contribution in [0.4, 0.5) is 17.3 Å². The van der Waals surface area contributed by atoms with Crippen molar-refractivity contribution in [2.75, 3.05) is 89.1 Å². The van der Waals surface area contributed by atoms with Gasteiger partial charge in [0.1, 0.15) is 11.0 Å². The van der Waals surface area contributed by atoms with Gasteiger partial charge in [0.25, 0.3) is 5.56 Å². The van der Waals surface area contributed by atoms with Gasteiger partial charge in [-0.2, -0.15) is 4.98 Å². The van der Waals surface area contributed by atoms with Gasteiger partial charge in [-0.15, -0.1) is 6.58 Å². The van der Waals surface area contributed by atoms with E-state index in [-0.39, 0.29) is 12.1 Å². The van der Waals surface area contributed by atoms with Gasteiger partial charge in [-0.25, -0.2) is 19.3 Å². The molecule has 14 nitrogen and oxygen atoms in total. The van der Waals surface area contributed by atoms with E-state index in [4.69, 9.17) is 24.9 Å². The zero-order valence-electron chi connectivity index (χ0n) is 27.9. The number of nitrogens with zero attached hydrogens (tertiary/aromatic N) is 7. The van der Waals surface area contributed by atoms with Gasteiger partial charge in [0, 0.05) is 56.8 Å². The van der Waals surface area contributed by atoms with Crippen molar-refractivity contribution in [3.63, 3.8) is 0 Å². The van der Waals surface area contributed by atoms with Crippen LogP contribution in [-0.2, 0) is 26.4 Å². The van der Waals surface area contributed by atoms with E-state index in [1.54, 1.807) is 42.8 Å². The molecule has 48 heavy (non-hydrogen) atoms. The maximum Gasteiger partial charge on any atom is 0.278 e. The molecule has 1 aliphatic rings. The van der Waals surface area contributed by atoms with E-state index in [1.165, 1.54) is 10.9 Å². The maximum absolute atomic E-state index is 13.3. The van der Waals surface area contributed by atoms with Gasteiger partial charge >= 0.3 is 0 Å². The summed E-state index contributed by atoms with van der Waals surface area (Å²) in [6.45, 7) is 16.1. The lowest BCUT2D eigenvalue weighted by molar-refractivity contribution is 0.0116. The average molecular weight is 662 g/mol. The summed E-state index contributed by atoms with van der Waals surface area (Å²) >= 11 is 0. The third kappa shape index (κ3) is 9.04. The number of hydrogen-bond acceptors (Lipinski definition) is 12. The Morgan fingerprint density at radius 1 is 0.958 bits per heavy atom. The van der Waals surface area contributed by atoms with Gasteiger partial charge in [0.2, 0.25) is 5.95 Å². The number of ether oxygens (including phenoxy) is 3. The van der Waals surface area contributed by atoms with Gasteiger partial charge in [-0.05, 0) is 50.2 Å². The first-order chi connectivity index (χ1) is 23.3. The van der Waals surface area contributed by atoms with Crippen LogP contribution >= 0.6 is 0 Å². The molecule has 4 N–H and O–H groups in total. The van der Waals surface area contributed by atoms with E-state index < -0.39 is 5.60 Å². The molecule has 0 amide bonds. The summed E-state index contributed by atoms with van der Waals surface area (Å²) in [4.78, 5) is 31.9. The van der Waals surface area contributed by atoms with Crippen molar-refractivity contribution in [2.45, 2.75) is 26.0 Å². The summed E-state index contributed by atoms with van der Waals surface area (Å²) in [6.07, 6.45) is 3.17. The molecule has 4 heterocycles. The number of anilines is 3. The second-order valence-corrected chi connectivity index (χ2v) is 12.0. The zero-order chi connectivity index (χ0) is 33.9. The lowest BCUT2D eigenvalue weighted by Crippen LogP contribution is -2.47. The zero-order valence-corrected chi connectivity index (χ0v) is 27.9. The number of nitrogens with two attached hydrogens (primary N) is 1. The van der Waals surface area contributed by atoms with Crippen molar-refractivity contribution < 1.29 is 19.3 Å². The monoisotopic (exact) mass is 661 g/mol. The number of fused-ring (bicyclic) bond motifs is 1. The molecule has 3 aromatic heterocycles. The highest BCUT2D eigenvalue weighted by Crippen LogP contribution is 2.24. The Hall–Kier alpha value is -4.18. The van der Waals surface area contributed by atoms with Crippen molar-refractivity contribution in [1.29, 1.82) is 0 Å². The second-order valence-electron chi connectivity index (χ2n) is 12.0. The number of rotatable bonds is 18. The fourth-order valence-corrected chi connectivity index (χ4v) is 5.42. The van der Waals surface area contributed by atoms with E-state index in [1.807, 2.05) is 12.1 Å². The lowest BCUT2D eigenvalue weighted by Gasteiger charge is -2.36. The molecule has 1 fully saturated rings. The molecule has 14 heteroatoms. The van der Waals surface area contributed by atoms with Crippen LogP contribution in [0, 0.1) is 0 Å². The van der Waals surface area contributed by atoms with Crippen molar-refractivity contribution in [3.8, 4) is 5.82 Å². The fraction of sp³-hybridized carbons (Fsp3) is 0.471. The Morgan fingerprint density at radius 3 is 2.31 bits per heavy atom. The summed E-state index contributed by atoms with van der Waals surface area (Å²) in [6, 6.07) is 13.5. The Balaban J connectivity index is 1.16. The van der Waals surface area contributed by atoms with Crippen LogP contribution < -0.4 is 21.5 Å². The van der Waals surface area contributed by atoms with Gasteiger partial charge in [-0.3, -0.25) is 9.69 Å². The molecule has 0 unspecified atom stereocenters. The van der Waals surface area contributed by atoms with E-state index in [2.05, 4.69) is 43.8 Å². The molecular weight excluding hydrogens is 614 g/mol. The topological polar surface area (TPSA) is 158 Å². The lowest BCUT2D eigenvalue weighted by atomic mass is 10.1. The van der Waals surface area contributed by atoms with Crippen LogP contribution in [0.5, 0.6) is 0 Å². The van der Waals surface area contributed by atoms with E-state index >= 15 is 0 Å². The molecule has 0 aliphatic carbocycles. The van der Waals surface area contributed by atoms with Crippen LogP contribution in [0.25, 0.3) is 16.9 Å². The van der Waals surface area contributed by atoms with Crippen LogP contribution in [-0.4, -0.2) is 113 Å². The third-order valence-corrected chi connectivity index (χ3v) is 7.97. The molecule has 5 rings (SSSR count). The normalized spacial score (nSPS) is 14.1. The SMILES string of the molecule is C=CCn1c(=O)c2cnc(Nc3ccc(N4CCN(CCOCCOCCOCCN)CC4)cc3)nc2n1-c1cccc(C(C)(C)O)n1. The Bertz CT molecular complexity index is 1680. The average Bonchev–Trinajstić information content (AvgIpc) is 3.36. The van der Waals surface area contributed by atoms with Gasteiger partial charge in [-0.1, -0.05) is 12.1 Å². The second kappa shape index (κ2) is 16.8. The highest BCUT2D eigenvalue weighted by molar-refractivity contribution is 5.77. The first-order valence-corrected chi connectivity index (χ1v) is 16.4. The number of pyridine rings is 1. The summed E-state index contributed by atoms with van der Waals surface area (Å²) in [7, 11) is 0. The minimum Gasteiger partial charge on any atom is -0.384 e. The fourth-order valence-electron chi connectivity index (χ4n) is 5.42. The van der Waals surface area contributed by atoms with Crippen LogP contribution in [0.15, 0.2) is 66.1 Å². The largest absolute Gasteiger partial charge is 0.384 e. The van der Waals surface area contributed by atoms with Crippen molar-refractivity contribution in [3.05, 3.63) is 77.4 Å². The molecular formula is C34H47N9O5. The number of aliphatic hydroxyl groups is 1. The predicted molar refractivity (Wildman–Crippen MR) is 186 cm³/mol. The third-order valence-electron chi connectivity index (χ3n) is 7.97. The number of allylic oxidation sites excluding steroid dienone is 1. The maximum atomic E-state index is 13.3. The van der Waals surface area contributed by atoms with Crippen molar-refractivity contribution in [1.82, 2.24) is 29.2 Å². The molecule has 0 spiro atoms. The van der Waals surface area contributed by atoms with Crippen LogP contribution in [0.1, 0.15) is 19.5 Å². The molecule has 0 bridgehead atoms. The quantitative estimate of drug-likeness (QED) is 0.106. The molecule has 1 aliphatic heterocycles. The molecule has 1 saturated heterocycles. The van der Waals surface area contributed by atoms with Gasteiger partial charge in [0.05, 0.1) is 51.9 Å². The minimum absolute atomic E-state index is 0.248. The standard InChI is InChI=1S/C34H47N9O5/c1-4-13-42-32(44)28-25-36-33(39-31(28)43(42)30-7-5-6-29(38-30)34(2,3)45)37-26-8-10-27(11-9-26)41-16-14-40(15-17-41)18-20-47-22-24-48-23-21-46-19-12-35/h4-11,25,45H,1,12-24,35H2,2-3H3,(H,36,37,39). The van der Waals surface area contributed by atoms with Crippen LogP contribution in [0.3, 0.4) is 0 Å². The van der Waals surface area contributed by atoms with Gasteiger partial charge in [0.15, 0.2) is 11.5 Å². The van der Waals surface area contributed by atoms with Crippen LogP contribution in [0.2, 0.25) is 0 Å². The van der Waals surface area contributed by atoms with Crippen molar-refractivity contribution >= 4 is 28.4 Å². The molecule has 1 aromatic carbocycles. The molecule has 0 atom stereocenters. The first-order valence-electron chi connectivity index (χ1n) is 16.4. The molecule has 4 aromatic rings. The van der Waals surface area contributed by atoms with E-state index in [0.29, 0.717) is 74.7 Å². The van der Waals surface area contributed by atoms with E-state index in [9.17, 15) is 9.90 Å². The number of nitrogens with one attached hydrogen (secondary N) is 1. The summed E-state index contributed by atoms with van der Waals surface area (Å²) < 4.78 is 19.7. The highest BCUT2D eigenvalue weighted by Gasteiger charge is 2.22. The molecule has 258 valence electrons. The van der Waals surface area contributed by atoms with Gasteiger partial charge < -0.3 is 35.3 Å². The summed E-state index contributed by atoms with van der Waals surface area (Å²) in [5, 5.41) is 14.2. The number of hydrogen-bond donors (Lipinski definition) is 3. The first kappa shape index (κ1) is 35.1. The Morgan fingerprint density at radius 2 is 1.65 bits per heavy atom. The number of benzene rings is 1.